The van der Waals surface area contributed by atoms with Crippen LogP contribution in [0.15, 0.2) is 18.2 Å². The molecule has 0 spiro atoms. The summed E-state index contributed by atoms with van der Waals surface area (Å²) in [7, 11) is 0. The summed E-state index contributed by atoms with van der Waals surface area (Å²) in [5.74, 6) is 1.27. The fourth-order valence-electron chi connectivity index (χ4n) is 2.49. The first-order chi connectivity index (χ1) is 9.58. The summed E-state index contributed by atoms with van der Waals surface area (Å²) in [4.78, 5) is 0. The molecule has 6 heteroatoms. The van der Waals surface area contributed by atoms with Gasteiger partial charge in [0.15, 0.2) is 5.82 Å². The van der Waals surface area contributed by atoms with Crippen molar-refractivity contribution in [3.8, 4) is 11.4 Å². The van der Waals surface area contributed by atoms with Gasteiger partial charge in [0.1, 0.15) is 0 Å². The second-order valence-corrected chi connectivity index (χ2v) is 5.41. The van der Waals surface area contributed by atoms with Gasteiger partial charge in [0.05, 0.1) is 16.8 Å². The van der Waals surface area contributed by atoms with Crippen molar-refractivity contribution in [1.29, 1.82) is 0 Å². The predicted octanol–water partition coefficient (Wildman–Crippen LogP) is 3.57. The van der Waals surface area contributed by atoms with Crippen molar-refractivity contribution in [2.45, 2.75) is 39.7 Å². The Bertz CT molecular complexity index is 577. The molecule has 0 saturated heterocycles. The molecule has 108 valence electrons. The SMILES string of the molecule is CCC(CC)C(C)n1nnnc1-c1ccc(N)c(Cl)c1. The molecule has 1 atom stereocenters. The van der Waals surface area contributed by atoms with Gasteiger partial charge in [-0.2, -0.15) is 0 Å². The second kappa shape index (κ2) is 6.22. The van der Waals surface area contributed by atoms with Crippen LogP contribution < -0.4 is 5.73 Å². The Morgan fingerprint density at radius 3 is 2.60 bits per heavy atom. The van der Waals surface area contributed by atoms with Crippen molar-refractivity contribution in [3.63, 3.8) is 0 Å². The van der Waals surface area contributed by atoms with Crippen molar-refractivity contribution in [2.24, 2.45) is 5.92 Å². The number of nitrogens with zero attached hydrogens (tertiary/aromatic N) is 4. The molecular weight excluding hydrogens is 274 g/mol. The van der Waals surface area contributed by atoms with Gasteiger partial charge in [0.2, 0.25) is 0 Å². The molecule has 2 aromatic rings. The Morgan fingerprint density at radius 2 is 2.00 bits per heavy atom. The fraction of sp³-hybridized carbons (Fsp3) is 0.500. The van der Waals surface area contributed by atoms with Crippen molar-refractivity contribution < 1.29 is 0 Å². The number of hydrogen-bond donors (Lipinski definition) is 1. The van der Waals surface area contributed by atoms with E-state index >= 15 is 0 Å². The van der Waals surface area contributed by atoms with Crippen molar-refractivity contribution in [3.05, 3.63) is 23.2 Å². The van der Waals surface area contributed by atoms with Crippen LogP contribution in [-0.4, -0.2) is 20.2 Å². The van der Waals surface area contributed by atoms with Gasteiger partial charge in [-0.25, -0.2) is 4.68 Å². The lowest BCUT2D eigenvalue weighted by Crippen LogP contribution is -2.18. The van der Waals surface area contributed by atoms with Crippen molar-refractivity contribution in [1.82, 2.24) is 20.2 Å². The van der Waals surface area contributed by atoms with E-state index in [1.807, 2.05) is 10.7 Å². The zero-order valence-corrected chi connectivity index (χ0v) is 12.8. The minimum absolute atomic E-state index is 0.242. The van der Waals surface area contributed by atoms with E-state index in [2.05, 4.69) is 36.3 Å². The van der Waals surface area contributed by atoms with E-state index in [4.69, 9.17) is 17.3 Å². The number of rotatable bonds is 5. The molecule has 1 heterocycles. The molecule has 0 bridgehead atoms. The largest absolute Gasteiger partial charge is 0.398 e. The number of anilines is 1. The number of nitrogen functional groups attached to an aromatic ring is 1. The van der Waals surface area contributed by atoms with Gasteiger partial charge in [0.25, 0.3) is 0 Å². The molecule has 1 unspecified atom stereocenters. The maximum atomic E-state index is 6.08. The summed E-state index contributed by atoms with van der Waals surface area (Å²) in [6.07, 6.45) is 2.19. The number of benzene rings is 1. The highest BCUT2D eigenvalue weighted by molar-refractivity contribution is 6.33. The smallest absolute Gasteiger partial charge is 0.182 e. The molecule has 0 saturated carbocycles. The lowest BCUT2D eigenvalue weighted by molar-refractivity contribution is 0.309. The van der Waals surface area contributed by atoms with Crippen LogP contribution >= 0.6 is 11.6 Å². The van der Waals surface area contributed by atoms with Gasteiger partial charge in [-0.3, -0.25) is 0 Å². The first-order valence-electron chi connectivity index (χ1n) is 6.91. The normalized spacial score (nSPS) is 12.8. The maximum absolute atomic E-state index is 6.08. The third-order valence-electron chi connectivity index (χ3n) is 3.87. The lowest BCUT2D eigenvalue weighted by atomic mass is 9.95. The molecule has 0 aliphatic carbocycles. The van der Waals surface area contributed by atoms with Crippen LogP contribution in [0.1, 0.15) is 39.7 Å². The average Bonchev–Trinajstić information content (AvgIpc) is 2.92. The third-order valence-corrected chi connectivity index (χ3v) is 4.20. The van der Waals surface area contributed by atoms with Gasteiger partial charge in [-0.1, -0.05) is 38.3 Å². The number of tetrazole rings is 1. The molecule has 0 fully saturated rings. The summed E-state index contributed by atoms with van der Waals surface area (Å²) in [5, 5.41) is 12.6. The predicted molar refractivity (Wildman–Crippen MR) is 81.5 cm³/mol. The molecule has 0 amide bonds. The molecule has 2 N–H and O–H groups in total. The van der Waals surface area contributed by atoms with Gasteiger partial charge >= 0.3 is 0 Å². The first-order valence-corrected chi connectivity index (χ1v) is 7.29. The summed E-state index contributed by atoms with van der Waals surface area (Å²) >= 11 is 6.08. The van der Waals surface area contributed by atoms with E-state index < -0.39 is 0 Å². The van der Waals surface area contributed by atoms with Crippen molar-refractivity contribution >= 4 is 17.3 Å². The summed E-state index contributed by atoms with van der Waals surface area (Å²) in [6.45, 7) is 6.53. The van der Waals surface area contributed by atoms with Gasteiger partial charge < -0.3 is 5.73 Å². The van der Waals surface area contributed by atoms with Crippen molar-refractivity contribution in [2.75, 3.05) is 5.73 Å². The monoisotopic (exact) mass is 293 g/mol. The zero-order valence-electron chi connectivity index (χ0n) is 12.0. The van der Waals surface area contributed by atoms with Gasteiger partial charge in [-0.05, 0) is 41.5 Å². The van der Waals surface area contributed by atoms with Crippen LogP contribution in [0.2, 0.25) is 5.02 Å². The van der Waals surface area contributed by atoms with Crippen LogP contribution in [0.4, 0.5) is 5.69 Å². The van der Waals surface area contributed by atoms with Gasteiger partial charge in [0, 0.05) is 5.56 Å². The Hall–Kier alpha value is -1.62. The van der Waals surface area contributed by atoms with Crippen LogP contribution in [0.25, 0.3) is 11.4 Å². The molecule has 1 aromatic heterocycles. The van der Waals surface area contributed by atoms with E-state index in [9.17, 15) is 0 Å². The molecule has 5 nitrogen and oxygen atoms in total. The Labute approximate surface area is 124 Å². The molecule has 1 aromatic carbocycles. The average molecular weight is 294 g/mol. The Balaban J connectivity index is 2.39. The topological polar surface area (TPSA) is 69.6 Å². The Kier molecular flexibility index (Phi) is 4.60. The number of nitrogens with two attached hydrogens (primary N) is 1. The maximum Gasteiger partial charge on any atom is 0.182 e. The van der Waals surface area contributed by atoms with E-state index in [0.29, 0.717) is 16.6 Å². The van der Waals surface area contributed by atoms with E-state index in [0.717, 1.165) is 24.2 Å². The molecule has 20 heavy (non-hydrogen) atoms. The van der Waals surface area contributed by atoms with Gasteiger partial charge in [-0.15, -0.1) is 5.10 Å². The van der Waals surface area contributed by atoms with E-state index in [1.165, 1.54) is 0 Å². The molecule has 0 radical (unpaired) electrons. The lowest BCUT2D eigenvalue weighted by Gasteiger charge is -2.22. The standard InChI is InChI=1S/C14H20ClN5/c1-4-10(5-2)9(3)20-14(17-18-19-20)11-6-7-13(16)12(15)8-11/h6-10H,4-5,16H2,1-3H3. The third kappa shape index (κ3) is 2.77. The summed E-state index contributed by atoms with van der Waals surface area (Å²) < 4.78 is 1.87. The summed E-state index contributed by atoms with van der Waals surface area (Å²) in [5.41, 5.74) is 7.18. The first kappa shape index (κ1) is 14.8. The highest BCUT2D eigenvalue weighted by Gasteiger charge is 2.21. The highest BCUT2D eigenvalue weighted by atomic mass is 35.5. The Morgan fingerprint density at radius 1 is 1.30 bits per heavy atom. The number of halogens is 1. The minimum atomic E-state index is 0.242. The molecule has 0 aliphatic rings. The minimum Gasteiger partial charge on any atom is -0.398 e. The molecule has 2 rings (SSSR count). The van der Waals surface area contributed by atoms with Crippen LogP contribution in [-0.2, 0) is 0 Å². The van der Waals surface area contributed by atoms with Crippen LogP contribution in [0, 0.1) is 5.92 Å². The summed E-state index contributed by atoms with van der Waals surface area (Å²) in [6, 6.07) is 5.71. The van der Waals surface area contributed by atoms with E-state index in [-0.39, 0.29) is 6.04 Å². The molecule has 0 aliphatic heterocycles. The van der Waals surface area contributed by atoms with Crippen LogP contribution in [0.5, 0.6) is 0 Å². The van der Waals surface area contributed by atoms with E-state index in [1.54, 1.807) is 12.1 Å². The number of hydrogen-bond acceptors (Lipinski definition) is 4. The number of aromatic nitrogens is 4. The highest BCUT2D eigenvalue weighted by Crippen LogP contribution is 2.30. The zero-order chi connectivity index (χ0) is 14.7. The van der Waals surface area contributed by atoms with Crippen LogP contribution in [0.3, 0.4) is 0 Å². The second-order valence-electron chi connectivity index (χ2n) is 5.00. The quantitative estimate of drug-likeness (QED) is 0.856. The molecular formula is C14H20ClN5. The fourth-order valence-corrected chi connectivity index (χ4v) is 2.68.